The molecule has 1 unspecified atom stereocenters. The second-order valence-corrected chi connectivity index (χ2v) is 6.80. The Balaban J connectivity index is 1.77. The monoisotopic (exact) mass is 402 g/mol. The number of rotatable bonds is 7. The molecular formula is C23H22N4O3. The van der Waals surface area contributed by atoms with Crippen LogP contribution in [-0.4, -0.2) is 34.8 Å². The molecule has 4 rings (SSSR count). The molecule has 1 atom stereocenters. The van der Waals surface area contributed by atoms with E-state index in [2.05, 4.69) is 15.4 Å². The lowest BCUT2D eigenvalue weighted by Gasteiger charge is -2.19. The van der Waals surface area contributed by atoms with Gasteiger partial charge in [0.1, 0.15) is 17.5 Å². The van der Waals surface area contributed by atoms with Gasteiger partial charge in [-0.05, 0) is 24.3 Å². The maximum absolute atomic E-state index is 13.7. The van der Waals surface area contributed by atoms with E-state index in [4.69, 9.17) is 9.47 Å². The normalized spacial score (nSPS) is 11.8. The van der Waals surface area contributed by atoms with Gasteiger partial charge >= 0.3 is 0 Å². The highest BCUT2D eigenvalue weighted by Crippen LogP contribution is 2.28. The van der Waals surface area contributed by atoms with Crippen molar-refractivity contribution in [2.24, 2.45) is 7.05 Å². The minimum Gasteiger partial charge on any atom is -0.497 e. The Morgan fingerprint density at radius 1 is 1.03 bits per heavy atom. The first-order valence-corrected chi connectivity index (χ1v) is 9.47. The number of pyridine rings is 1. The average molecular weight is 402 g/mol. The van der Waals surface area contributed by atoms with Crippen LogP contribution in [0, 0.1) is 0 Å². The van der Waals surface area contributed by atoms with Gasteiger partial charge < -0.3 is 14.8 Å². The molecule has 4 aromatic rings. The number of carbonyl (C=O) groups is 1. The van der Waals surface area contributed by atoms with Crippen molar-refractivity contribution in [3.63, 3.8) is 0 Å². The summed E-state index contributed by atoms with van der Waals surface area (Å²) in [4.78, 5) is 17.9. The zero-order valence-corrected chi connectivity index (χ0v) is 17.0. The highest BCUT2D eigenvalue weighted by atomic mass is 16.5. The molecule has 7 heteroatoms. The SMILES string of the molecule is COc1cccc(NC(C(=O)c2nn(C)c3ccccc23)c2ccc(OC)nc2)c1. The van der Waals surface area contributed by atoms with E-state index in [0.29, 0.717) is 22.9 Å². The van der Waals surface area contributed by atoms with Crippen molar-refractivity contribution < 1.29 is 14.3 Å². The van der Waals surface area contributed by atoms with Gasteiger partial charge in [0.25, 0.3) is 0 Å². The molecule has 30 heavy (non-hydrogen) atoms. The van der Waals surface area contributed by atoms with Crippen molar-refractivity contribution in [3.8, 4) is 11.6 Å². The number of aromatic nitrogens is 3. The van der Waals surface area contributed by atoms with Gasteiger partial charge in [0.15, 0.2) is 0 Å². The highest BCUT2D eigenvalue weighted by molar-refractivity contribution is 6.09. The van der Waals surface area contributed by atoms with Crippen LogP contribution in [0.25, 0.3) is 10.9 Å². The van der Waals surface area contributed by atoms with Crippen LogP contribution in [-0.2, 0) is 7.05 Å². The van der Waals surface area contributed by atoms with Crippen molar-refractivity contribution in [1.29, 1.82) is 0 Å². The van der Waals surface area contributed by atoms with Crippen LogP contribution in [0.2, 0.25) is 0 Å². The predicted octanol–water partition coefficient (Wildman–Crippen LogP) is 4.02. The lowest BCUT2D eigenvalue weighted by Crippen LogP contribution is -2.22. The number of aryl methyl sites for hydroxylation is 1. The number of anilines is 1. The number of carbonyl (C=O) groups excluding carboxylic acids is 1. The third kappa shape index (κ3) is 3.69. The van der Waals surface area contributed by atoms with Crippen molar-refractivity contribution >= 4 is 22.4 Å². The van der Waals surface area contributed by atoms with Gasteiger partial charge in [0, 0.05) is 42.0 Å². The number of nitrogens with zero attached hydrogens (tertiary/aromatic N) is 3. The van der Waals surface area contributed by atoms with Crippen molar-refractivity contribution in [2.75, 3.05) is 19.5 Å². The molecule has 0 bridgehead atoms. The number of ether oxygens (including phenoxy) is 2. The minimum atomic E-state index is -0.686. The first-order valence-electron chi connectivity index (χ1n) is 9.47. The number of hydrogen-bond acceptors (Lipinski definition) is 6. The lowest BCUT2D eigenvalue weighted by molar-refractivity contribution is 0.0965. The Hall–Kier alpha value is -3.87. The van der Waals surface area contributed by atoms with Gasteiger partial charge in [-0.2, -0.15) is 5.10 Å². The number of fused-ring (bicyclic) bond motifs is 1. The molecule has 0 aliphatic heterocycles. The van der Waals surface area contributed by atoms with Crippen LogP contribution in [0.1, 0.15) is 22.1 Å². The molecule has 0 saturated carbocycles. The summed E-state index contributed by atoms with van der Waals surface area (Å²) in [5.41, 5.74) is 2.76. The third-order valence-corrected chi connectivity index (χ3v) is 4.94. The number of methoxy groups -OCH3 is 2. The number of benzene rings is 2. The second kappa shape index (κ2) is 8.24. The van der Waals surface area contributed by atoms with Crippen LogP contribution in [0.15, 0.2) is 66.9 Å². The van der Waals surface area contributed by atoms with E-state index in [0.717, 1.165) is 16.6 Å². The first kappa shape index (κ1) is 19.4. The number of para-hydroxylation sites is 1. The zero-order chi connectivity index (χ0) is 21.1. The maximum atomic E-state index is 13.7. The van der Waals surface area contributed by atoms with E-state index in [9.17, 15) is 4.79 Å². The summed E-state index contributed by atoms with van der Waals surface area (Å²) in [5, 5.41) is 8.63. The summed E-state index contributed by atoms with van der Waals surface area (Å²) in [5.74, 6) is 1.03. The van der Waals surface area contributed by atoms with Crippen LogP contribution < -0.4 is 14.8 Å². The predicted molar refractivity (Wildman–Crippen MR) is 115 cm³/mol. The van der Waals surface area contributed by atoms with Crippen LogP contribution in [0.3, 0.4) is 0 Å². The number of Topliss-reactive ketones (excluding diaryl/α,β-unsaturated/α-hetero) is 1. The molecule has 0 radical (unpaired) electrons. The fourth-order valence-electron chi connectivity index (χ4n) is 3.40. The molecule has 152 valence electrons. The molecule has 7 nitrogen and oxygen atoms in total. The van der Waals surface area contributed by atoms with E-state index in [1.165, 1.54) is 0 Å². The van der Waals surface area contributed by atoms with Crippen LogP contribution >= 0.6 is 0 Å². The Labute approximate surface area is 174 Å². The molecule has 2 heterocycles. The molecule has 0 aliphatic carbocycles. The van der Waals surface area contributed by atoms with Crippen LogP contribution in [0.4, 0.5) is 5.69 Å². The van der Waals surface area contributed by atoms with E-state index >= 15 is 0 Å². The molecule has 0 spiro atoms. The van der Waals surface area contributed by atoms with Gasteiger partial charge in [-0.3, -0.25) is 9.48 Å². The van der Waals surface area contributed by atoms with Gasteiger partial charge in [-0.25, -0.2) is 4.98 Å². The molecule has 2 aromatic heterocycles. The van der Waals surface area contributed by atoms with E-state index in [1.54, 1.807) is 31.2 Å². The largest absolute Gasteiger partial charge is 0.497 e. The molecular weight excluding hydrogens is 380 g/mol. The molecule has 0 amide bonds. The van der Waals surface area contributed by atoms with E-state index in [-0.39, 0.29) is 5.78 Å². The minimum absolute atomic E-state index is 0.151. The first-order chi connectivity index (χ1) is 14.6. The summed E-state index contributed by atoms with van der Waals surface area (Å²) in [6.07, 6.45) is 1.64. The zero-order valence-electron chi connectivity index (χ0n) is 17.0. The molecule has 0 aliphatic rings. The highest BCUT2D eigenvalue weighted by Gasteiger charge is 2.27. The summed E-state index contributed by atoms with van der Waals surface area (Å²) in [6, 6.07) is 18.0. The van der Waals surface area contributed by atoms with Crippen molar-refractivity contribution in [2.45, 2.75) is 6.04 Å². The smallest absolute Gasteiger partial charge is 0.212 e. The van der Waals surface area contributed by atoms with Crippen molar-refractivity contribution in [3.05, 3.63) is 78.1 Å². The Bertz CT molecular complexity index is 1180. The third-order valence-electron chi connectivity index (χ3n) is 4.94. The van der Waals surface area contributed by atoms with E-state index in [1.807, 2.05) is 61.6 Å². The Morgan fingerprint density at radius 2 is 1.87 bits per heavy atom. The quantitative estimate of drug-likeness (QED) is 0.471. The lowest BCUT2D eigenvalue weighted by atomic mass is 9.99. The fraction of sp³-hybridized carbons (Fsp3) is 0.174. The summed E-state index contributed by atoms with van der Waals surface area (Å²) < 4.78 is 12.2. The average Bonchev–Trinajstić information content (AvgIpc) is 3.14. The summed E-state index contributed by atoms with van der Waals surface area (Å²) in [7, 11) is 4.99. The summed E-state index contributed by atoms with van der Waals surface area (Å²) in [6.45, 7) is 0. The molecule has 0 saturated heterocycles. The number of hydrogen-bond donors (Lipinski definition) is 1. The van der Waals surface area contributed by atoms with Crippen molar-refractivity contribution in [1.82, 2.24) is 14.8 Å². The topological polar surface area (TPSA) is 78.3 Å². The van der Waals surface area contributed by atoms with Crippen LogP contribution in [0.5, 0.6) is 11.6 Å². The number of ketones is 1. The maximum Gasteiger partial charge on any atom is 0.212 e. The Kier molecular flexibility index (Phi) is 5.34. The van der Waals surface area contributed by atoms with Gasteiger partial charge in [-0.1, -0.05) is 24.3 Å². The van der Waals surface area contributed by atoms with Gasteiger partial charge in [0.2, 0.25) is 11.7 Å². The standard InChI is InChI=1S/C23H22N4O3/c1-27-19-10-5-4-9-18(19)22(26-27)23(28)21(15-11-12-20(30-3)24-14-15)25-16-7-6-8-17(13-16)29-2/h4-14,21,25H,1-3H3. The van der Waals surface area contributed by atoms with E-state index < -0.39 is 6.04 Å². The summed E-state index contributed by atoms with van der Waals surface area (Å²) >= 11 is 0. The molecule has 2 aromatic carbocycles. The molecule has 1 N–H and O–H groups in total. The van der Waals surface area contributed by atoms with Gasteiger partial charge in [0.05, 0.1) is 19.7 Å². The van der Waals surface area contributed by atoms with Gasteiger partial charge in [-0.15, -0.1) is 0 Å². The fourth-order valence-corrected chi connectivity index (χ4v) is 3.40. The Morgan fingerprint density at radius 3 is 2.60 bits per heavy atom. The number of nitrogens with one attached hydrogen (secondary N) is 1. The second-order valence-electron chi connectivity index (χ2n) is 6.80. The molecule has 0 fully saturated rings.